The molecule has 0 aromatic heterocycles. The van der Waals surface area contributed by atoms with Crippen molar-refractivity contribution < 1.29 is 110 Å². The Balaban J connectivity index is 1.72. The summed E-state index contributed by atoms with van der Waals surface area (Å²) in [5.41, 5.74) is -10.4. The van der Waals surface area contributed by atoms with Crippen molar-refractivity contribution in [3.8, 4) is 0 Å². The normalized spacial score (nSPS) is 56.0. The highest BCUT2D eigenvalue weighted by atomic mass is 16.9. The maximum atomic E-state index is 11.7. The zero-order valence-corrected chi connectivity index (χ0v) is 23.8. The predicted octanol–water partition coefficient (Wildman–Crippen LogP) is -11.7. The van der Waals surface area contributed by atoms with Gasteiger partial charge in [0.05, 0.1) is 33.0 Å². The minimum absolute atomic E-state index is 0.825. The molecule has 0 aliphatic carbocycles. The predicted molar refractivity (Wildman–Crippen MR) is 135 cm³/mol. The monoisotopic (exact) mass is 682 g/mol. The van der Waals surface area contributed by atoms with E-state index in [9.17, 15) is 86.8 Å². The summed E-state index contributed by atoms with van der Waals surface area (Å²) in [6.45, 7) is -5.32. The fourth-order valence-corrected chi connectivity index (χ4v) is 6.21. The summed E-state index contributed by atoms with van der Waals surface area (Å²) in [7, 11) is 0. The fourth-order valence-electron chi connectivity index (χ4n) is 6.21. The molecule has 0 radical (unpaired) electrons. The Kier molecular flexibility index (Phi) is 11.1. The molecule has 17 N–H and O–H groups in total. The van der Waals surface area contributed by atoms with E-state index in [1.165, 1.54) is 0 Å². The zero-order valence-electron chi connectivity index (χ0n) is 23.8. The molecule has 4 aliphatic rings. The number of aliphatic hydroxyl groups excluding tert-OH is 13. The molecular weight excluding hydrogens is 640 g/mol. The van der Waals surface area contributed by atoms with Gasteiger partial charge in [0.25, 0.3) is 0 Å². The average Bonchev–Trinajstić information content (AvgIpc) is 3.03. The summed E-state index contributed by atoms with van der Waals surface area (Å²) in [6, 6.07) is 0. The van der Waals surface area contributed by atoms with Crippen molar-refractivity contribution in [3.05, 3.63) is 0 Å². The third-order valence-electron chi connectivity index (χ3n) is 9.29. The van der Waals surface area contributed by atoms with Crippen LogP contribution in [-0.4, -0.2) is 234 Å². The van der Waals surface area contributed by atoms with Crippen molar-refractivity contribution >= 4 is 0 Å². The van der Waals surface area contributed by atoms with Gasteiger partial charge in [-0.05, 0) is 0 Å². The highest BCUT2D eigenvalue weighted by molar-refractivity contribution is 5.20. The molecule has 46 heavy (non-hydrogen) atoms. The molecule has 270 valence electrons. The van der Waals surface area contributed by atoms with Crippen LogP contribution in [0.15, 0.2) is 0 Å². The highest BCUT2D eigenvalue weighted by Crippen LogP contribution is 2.49. The summed E-state index contributed by atoms with van der Waals surface area (Å²) in [5, 5.41) is 180. The molecule has 4 saturated heterocycles. The van der Waals surface area contributed by atoms with E-state index in [0.29, 0.717) is 0 Å². The molecule has 0 amide bonds. The van der Waals surface area contributed by atoms with Gasteiger partial charge in [-0.2, -0.15) is 0 Å². The fraction of sp³-hybridized carbons (Fsp3) is 1.00. The Morgan fingerprint density at radius 3 is 1.65 bits per heavy atom. The van der Waals surface area contributed by atoms with Crippen molar-refractivity contribution in [1.29, 1.82) is 0 Å². The van der Waals surface area contributed by atoms with Crippen LogP contribution in [0.3, 0.4) is 0 Å². The Morgan fingerprint density at radius 1 is 0.609 bits per heavy atom. The van der Waals surface area contributed by atoms with Gasteiger partial charge in [-0.25, -0.2) is 0 Å². The minimum atomic E-state index is -4.05. The Labute approximate surface area is 258 Å². The number of hydrogen-bond acceptors (Lipinski definition) is 22. The van der Waals surface area contributed by atoms with E-state index in [-0.39, 0.29) is 0 Å². The molecule has 22 nitrogen and oxygen atoms in total. The van der Waals surface area contributed by atoms with Gasteiger partial charge in [0, 0.05) is 0 Å². The van der Waals surface area contributed by atoms with Gasteiger partial charge in [0.1, 0.15) is 91.1 Å². The summed E-state index contributed by atoms with van der Waals surface area (Å²) in [5.74, 6) is -4.05. The maximum Gasteiger partial charge on any atom is 0.319 e. The topological polar surface area (TPSA) is 390 Å². The van der Waals surface area contributed by atoms with E-state index >= 15 is 0 Å². The van der Waals surface area contributed by atoms with Gasteiger partial charge in [0.2, 0.25) is 5.60 Å². The molecular formula is C24H42O22. The number of aliphatic hydroxyl groups is 17. The summed E-state index contributed by atoms with van der Waals surface area (Å²) >= 11 is 0. The van der Waals surface area contributed by atoms with Crippen molar-refractivity contribution in [2.75, 3.05) is 33.0 Å². The lowest BCUT2D eigenvalue weighted by Gasteiger charge is -2.60. The quantitative estimate of drug-likeness (QED) is 0.106. The maximum absolute atomic E-state index is 11.7. The third kappa shape index (κ3) is 5.58. The van der Waals surface area contributed by atoms with Crippen LogP contribution in [-0.2, 0) is 23.7 Å². The van der Waals surface area contributed by atoms with Crippen LogP contribution in [0.5, 0.6) is 0 Å². The molecule has 0 bridgehead atoms. The minimum Gasteiger partial charge on any atom is -0.394 e. The molecule has 4 fully saturated rings. The summed E-state index contributed by atoms with van der Waals surface area (Å²) < 4.78 is 25.7. The van der Waals surface area contributed by atoms with Gasteiger partial charge in [-0.3, -0.25) is 4.74 Å². The Morgan fingerprint density at radius 2 is 1.11 bits per heavy atom. The third-order valence-corrected chi connectivity index (χ3v) is 9.29. The molecule has 1 unspecified atom stereocenters. The first-order valence-electron chi connectivity index (χ1n) is 14.1. The first-order valence-corrected chi connectivity index (χ1v) is 14.1. The summed E-state index contributed by atoms with van der Waals surface area (Å²) in [6.07, 6.45) is -34.3. The molecule has 4 rings (SSSR count). The van der Waals surface area contributed by atoms with E-state index in [2.05, 4.69) is 0 Å². The second-order valence-electron chi connectivity index (χ2n) is 12.0. The van der Waals surface area contributed by atoms with Crippen LogP contribution in [0.25, 0.3) is 0 Å². The summed E-state index contributed by atoms with van der Waals surface area (Å²) in [4.78, 5) is 0. The largest absolute Gasteiger partial charge is 0.394 e. The second-order valence-corrected chi connectivity index (χ2v) is 12.0. The van der Waals surface area contributed by atoms with Gasteiger partial charge in [-0.1, -0.05) is 0 Å². The molecule has 4 aliphatic heterocycles. The Bertz CT molecular complexity index is 1040. The van der Waals surface area contributed by atoms with Gasteiger partial charge >= 0.3 is 5.97 Å². The van der Waals surface area contributed by atoms with Gasteiger partial charge in [-0.15, -0.1) is 0 Å². The van der Waals surface area contributed by atoms with E-state index in [4.69, 9.17) is 23.7 Å². The molecule has 0 spiro atoms. The molecule has 19 atom stereocenters. The van der Waals surface area contributed by atoms with Crippen molar-refractivity contribution in [3.63, 3.8) is 0 Å². The lowest BCUT2D eigenvalue weighted by atomic mass is 9.67. The molecule has 22 heteroatoms. The Hall–Kier alpha value is -0.880. The second kappa shape index (κ2) is 13.4. The number of hydrogen-bond donors (Lipinski definition) is 17. The standard InChI is InChI=1S/C24H42O22/c25-1-6-9(28)16(34)21(38,4-42-6)19(37)15-13(32)12(31)14(33)20(44-15)46-24(41)23(40,18(36)11(30)8(3-27)45-24)22(39)5-43-7(2-26)10(29)17(22)35/h6-20,25-41H,1-5H2/t6-,7-,8-,9-,10-,11-,12+,13+,14-,15+,16+,17+,18+,19?,20-,21-,22-,23+,24+/m1/s1. The first kappa shape index (κ1) is 37.9. The van der Waals surface area contributed by atoms with Crippen molar-refractivity contribution in [1.82, 2.24) is 0 Å². The molecule has 0 aromatic rings. The van der Waals surface area contributed by atoms with Crippen LogP contribution in [0.1, 0.15) is 0 Å². The van der Waals surface area contributed by atoms with E-state index in [1.54, 1.807) is 0 Å². The SMILES string of the molecule is OC[C@H]1O[C@](O)(O[C@H]2O[C@H](C(O)[C@@]3(O)CO[C@H](CO)[C@@H](O)[C@@H]3O)[C@@H](O)[C@H](O)[C@H]2O)[C@@](O)([C@@]2(O)CO[C@H](CO)[C@@H](O)[C@@H]2O)[C@@H](O)[C@@H]1O. The van der Waals surface area contributed by atoms with Crippen LogP contribution in [0, 0.1) is 0 Å². The number of rotatable bonds is 8. The van der Waals surface area contributed by atoms with Crippen molar-refractivity contribution in [2.24, 2.45) is 0 Å². The van der Waals surface area contributed by atoms with Gasteiger partial charge in [0.15, 0.2) is 11.9 Å². The molecule has 0 aromatic carbocycles. The van der Waals surface area contributed by atoms with Crippen LogP contribution in [0.2, 0.25) is 0 Å². The van der Waals surface area contributed by atoms with Gasteiger partial charge < -0.3 is 106 Å². The smallest absolute Gasteiger partial charge is 0.319 e. The van der Waals surface area contributed by atoms with E-state index in [1.807, 2.05) is 0 Å². The van der Waals surface area contributed by atoms with E-state index in [0.717, 1.165) is 0 Å². The molecule has 0 saturated carbocycles. The van der Waals surface area contributed by atoms with Crippen molar-refractivity contribution in [2.45, 2.75) is 115 Å². The first-order chi connectivity index (χ1) is 21.3. The number of ether oxygens (including phenoxy) is 5. The lowest BCUT2D eigenvalue weighted by Crippen LogP contribution is -2.87. The van der Waals surface area contributed by atoms with Crippen LogP contribution in [0.4, 0.5) is 0 Å². The highest BCUT2D eigenvalue weighted by Gasteiger charge is 2.78. The van der Waals surface area contributed by atoms with Crippen LogP contribution >= 0.6 is 0 Å². The average molecular weight is 683 g/mol. The molecule has 4 heterocycles. The zero-order chi connectivity index (χ0) is 34.7. The van der Waals surface area contributed by atoms with Crippen LogP contribution < -0.4 is 0 Å². The van der Waals surface area contributed by atoms with E-state index < -0.39 is 148 Å². The lowest BCUT2D eigenvalue weighted by molar-refractivity contribution is -0.538.